The van der Waals surface area contributed by atoms with Crippen molar-refractivity contribution in [2.75, 3.05) is 6.61 Å². The van der Waals surface area contributed by atoms with Gasteiger partial charge in [-0.3, -0.25) is 0 Å². The summed E-state index contributed by atoms with van der Waals surface area (Å²) in [6.07, 6.45) is -3.94. The summed E-state index contributed by atoms with van der Waals surface area (Å²) in [5.74, 6) is -1.08. The molecular weight excluding hydrogens is 436 g/mol. The Labute approximate surface area is 197 Å². The maximum absolute atomic E-state index is 13.0. The molecule has 2 saturated heterocycles. The molecule has 2 fully saturated rings. The van der Waals surface area contributed by atoms with Crippen molar-refractivity contribution >= 4 is 11.9 Å². The monoisotopic (exact) mass is 460 g/mol. The van der Waals surface area contributed by atoms with Crippen molar-refractivity contribution in [2.24, 2.45) is 0 Å². The Hall–Kier alpha value is -3.52. The second kappa shape index (κ2) is 10.2. The zero-order chi connectivity index (χ0) is 23.3. The van der Waals surface area contributed by atoms with Gasteiger partial charge in [-0.1, -0.05) is 66.7 Å². The SMILES string of the molecule is O=C(O[C@H]1[C@@H](OC(=O)c2ccccc2)[C@H]2CO[C@H](O2)[C@@H]1OCc1ccccc1)c1ccccc1. The number of esters is 2. The van der Waals surface area contributed by atoms with E-state index in [0.29, 0.717) is 11.1 Å². The Kier molecular flexibility index (Phi) is 6.67. The highest BCUT2D eigenvalue weighted by Gasteiger charge is 2.55. The molecule has 0 N–H and O–H groups in total. The van der Waals surface area contributed by atoms with Crippen LogP contribution in [0.2, 0.25) is 0 Å². The molecule has 7 heteroatoms. The highest BCUT2D eigenvalue weighted by atomic mass is 16.8. The lowest BCUT2D eigenvalue weighted by atomic mass is 9.99. The first-order valence-electron chi connectivity index (χ1n) is 11.1. The number of fused-ring (bicyclic) bond motifs is 2. The molecule has 0 unspecified atom stereocenters. The second-order valence-electron chi connectivity index (χ2n) is 8.11. The minimum Gasteiger partial charge on any atom is -0.452 e. The van der Waals surface area contributed by atoms with E-state index in [4.69, 9.17) is 23.7 Å². The van der Waals surface area contributed by atoms with Crippen LogP contribution < -0.4 is 0 Å². The Morgan fingerprint density at radius 1 is 0.706 bits per heavy atom. The lowest BCUT2D eigenvalue weighted by Gasteiger charge is -2.39. The van der Waals surface area contributed by atoms with Crippen LogP contribution >= 0.6 is 0 Å². The van der Waals surface area contributed by atoms with Crippen LogP contribution in [0.5, 0.6) is 0 Å². The quantitative estimate of drug-likeness (QED) is 0.497. The molecular formula is C27H24O7. The smallest absolute Gasteiger partial charge is 0.338 e. The summed E-state index contributed by atoms with van der Waals surface area (Å²) in [6.45, 7) is 0.445. The number of carbonyl (C=O) groups excluding carboxylic acids is 2. The van der Waals surface area contributed by atoms with Gasteiger partial charge in [0, 0.05) is 0 Å². The van der Waals surface area contributed by atoms with E-state index in [9.17, 15) is 9.59 Å². The van der Waals surface area contributed by atoms with Gasteiger partial charge >= 0.3 is 11.9 Å². The van der Waals surface area contributed by atoms with Gasteiger partial charge in [0.1, 0.15) is 12.2 Å². The summed E-state index contributed by atoms with van der Waals surface area (Å²) in [5, 5.41) is 0. The van der Waals surface area contributed by atoms with E-state index in [0.717, 1.165) is 5.56 Å². The number of hydrogen-bond donors (Lipinski definition) is 0. The van der Waals surface area contributed by atoms with E-state index >= 15 is 0 Å². The molecule has 3 aromatic rings. The minimum absolute atomic E-state index is 0.196. The molecule has 2 heterocycles. The molecule has 0 spiro atoms. The molecule has 7 nitrogen and oxygen atoms in total. The fourth-order valence-electron chi connectivity index (χ4n) is 4.09. The average Bonchev–Trinajstić information content (AvgIpc) is 3.33. The lowest BCUT2D eigenvalue weighted by molar-refractivity contribution is -0.245. The standard InChI is InChI=1S/C27H24O7/c28-25(19-12-6-2-7-13-19)33-22-21-17-31-27(32-21)24(30-16-18-10-4-1-5-11-18)23(22)34-26(29)20-14-8-3-9-15-20/h1-15,21-24,27H,16-17H2/t21-,22+,23+,24-,27-/m1/s1. The maximum Gasteiger partial charge on any atom is 0.338 e. The zero-order valence-electron chi connectivity index (χ0n) is 18.3. The summed E-state index contributed by atoms with van der Waals surface area (Å²) in [4.78, 5) is 25.8. The van der Waals surface area contributed by atoms with Crippen LogP contribution in [-0.2, 0) is 30.3 Å². The molecule has 0 amide bonds. The Morgan fingerprint density at radius 3 is 1.82 bits per heavy atom. The summed E-state index contributed by atoms with van der Waals surface area (Å²) in [5.41, 5.74) is 1.71. The van der Waals surface area contributed by atoms with E-state index in [2.05, 4.69) is 0 Å². The fourth-order valence-corrected chi connectivity index (χ4v) is 4.09. The summed E-state index contributed by atoms with van der Waals surface area (Å²) < 4.78 is 29.6. The Bertz CT molecular complexity index is 1100. The molecule has 0 aliphatic carbocycles. The Morgan fingerprint density at radius 2 is 1.24 bits per heavy atom. The zero-order valence-corrected chi connectivity index (χ0v) is 18.3. The predicted octanol–water partition coefficient (Wildman–Crippen LogP) is 3.78. The topological polar surface area (TPSA) is 80.3 Å². The van der Waals surface area contributed by atoms with Crippen LogP contribution in [0.15, 0.2) is 91.0 Å². The minimum atomic E-state index is -0.921. The third-order valence-electron chi connectivity index (χ3n) is 5.81. The second-order valence-corrected chi connectivity index (χ2v) is 8.11. The number of hydrogen-bond acceptors (Lipinski definition) is 7. The van der Waals surface area contributed by atoms with Gasteiger partial charge in [0.05, 0.1) is 24.3 Å². The van der Waals surface area contributed by atoms with E-state index in [1.807, 2.05) is 42.5 Å². The van der Waals surface area contributed by atoms with Crippen LogP contribution in [0.4, 0.5) is 0 Å². The fraction of sp³-hybridized carbons (Fsp3) is 0.259. The normalized spacial score (nSPS) is 25.5. The largest absolute Gasteiger partial charge is 0.452 e. The summed E-state index contributed by atoms with van der Waals surface area (Å²) in [7, 11) is 0. The molecule has 174 valence electrons. The highest BCUT2D eigenvalue weighted by molar-refractivity contribution is 5.90. The van der Waals surface area contributed by atoms with E-state index in [-0.39, 0.29) is 13.2 Å². The van der Waals surface area contributed by atoms with Crippen LogP contribution in [-0.4, -0.2) is 49.3 Å². The van der Waals surface area contributed by atoms with Crippen molar-refractivity contribution in [1.29, 1.82) is 0 Å². The molecule has 2 aliphatic heterocycles. The van der Waals surface area contributed by atoms with Crippen molar-refractivity contribution < 1.29 is 33.3 Å². The third-order valence-corrected chi connectivity index (χ3v) is 5.81. The van der Waals surface area contributed by atoms with Crippen molar-refractivity contribution in [3.05, 3.63) is 108 Å². The molecule has 2 bridgehead atoms. The van der Waals surface area contributed by atoms with Gasteiger partial charge in [-0.15, -0.1) is 0 Å². The third kappa shape index (κ3) is 4.87. The predicted molar refractivity (Wildman–Crippen MR) is 121 cm³/mol. The van der Waals surface area contributed by atoms with Crippen LogP contribution in [0.3, 0.4) is 0 Å². The molecule has 3 aromatic carbocycles. The molecule has 0 aromatic heterocycles. The number of carbonyl (C=O) groups is 2. The van der Waals surface area contributed by atoms with E-state index < -0.39 is 42.6 Å². The highest BCUT2D eigenvalue weighted by Crippen LogP contribution is 2.35. The van der Waals surface area contributed by atoms with Gasteiger partial charge in [-0.25, -0.2) is 9.59 Å². The van der Waals surface area contributed by atoms with Crippen molar-refractivity contribution in [3.63, 3.8) is 0 Å². The van der Waals surface area contributed by atoms with Gasteiger partial charge in [0.25, 0.3) is 0 Å². The number of benzene rings is 3. The van der Waals surface area contributed by atoms with Crippen LogP contribution in [0.25, 0.3) is 0 Å². The first-order chi connectivity index (χ1) is 16.7. The maximum atomic E-state index is 13.0. The summed E-state index contributed by atoms with van der Waals surface area (Å²) in [6, 6.07) is 26.9. The number of ether oxygens (including phenoxy) is 5. The van der Waals surface area contributed by atoms with E-state index in [1.165, 1.54) is 0 Å². The molecule has 0 saturated carbocycles. The first-order valence-corrected chi connectivity index (χ1v) is 11.1. The van der Waals surface area contributed by atoms with Gasteiger partial charge < -0.3 is 23.7 Å². The lowest BCUT2D eigenvalue weighted by Crippen LogP contribution is -2.58. The molecule has 5 rings (SSSR count). The molecule has 2 aliphatic rings. The first kappa shape index (κ1) is 22.3. The van der Waals surface area contributed by atoms with Crippen molar-refractivity contribution in [3.8, 4) is 0 Å². The van der Waals surface area contributed by atoms with Gasteiger partial charge in [-0.05, 0) is 29.8 Å². The molecule has 0 radical (unpaired) electrons. The number of rotatable bonds is 7. The van der Waals surface area contributed by atoms with Crippen molar-refractivity contribution in [2.45, 2.75) is 37.3 Å². The molecule has 34 heavy (non-hydrogen) atoms. The van der Waals surface area contributed by atoms with Gasteiger partial charge in [0.2, 0.25) is 0 Å². The average molecular weight is 460 g/mol. The molecule has 5 atom stereocenters. The van der Waals surface area contributed by atoms with Crippen LogP contribution in [0, 0.1) is 0 Å². The van der Waals surface area contributed by atoms with Gasteiger partial charge in [-0.2, -0.15) is 0 Å². The Balaban J connectivity index is 1.41. The van der Waals surface area contributed by atoms with Crippen LogP contribution in [0.1, 0.15) is 26.3 Å². The van der Waals surface area contributed by atoms with Crippen molar-refractivity contribution in [1.82, 2.24) is 0 Å². The summed E-state index contributed by atoms with van der Waals surface area (Å²) >= 11 is 0. The van der Waals surface area contributed by atoms with E-state index in [1.54, 1.807) is 48.5 Å². The van der Waals surface area contributed by atoms with Gasteiger partial charge in [0.15, 0.2) is 18.5 Å².